The topological polar surface area (TPSA) is 20.2 Å². The van der Waals surface area contributed by atoms with E-state index in [4.69, 9.17) is 23.8 Å². The fourth-order valence-electron chi connectivity index (χ4n) is 4.40. The number of benzene rings is 2. The third-order valence-electron chi connectivity index (χ3n) is 5.96. The summed E-state index contributed by atoms with van der Waals surface area (Å²) >= 11 is 12.4. The highest BCUT2D eigenvalue weighted by Gasteiger charge is 2.25. The van der Waals surface area contributed by atoms with Crippen molar-refractivity contribution in [3.8, 4) is 0 Å². The zero-order chi connectivity index (χ0) is 20.4. The first-order valence-electron chi connectivity index (χ1n) is 10.4. The van der Waals surface area contributed by atoms with Crippen molar-refractivity contribution in [2.24, 2.45) is 7.05 Å². The Balaban J connectivity index is 1.63. The number of anilines is 1. The van der Waals surface area contributed by atoms with Gasteiger partial charge in [0.25, 0.3) is 0 Å². The molecule has 3 nitrogen and oxygen atoms in total. The summed E-state index contributed by atoms with van der Waals surface area (Å²) in [6.45, 7) is 2.85. The molecule has 0 radical (unpaired) electrons. The molecule has 1 fully saturated rings. The van der Waals surface area contributed by atoms with E-state index in [0.29, 0.717) is 11.1 Å². The maximum absolute atomic E-state index is 6.46. The maximum Gasteiger partial charge on any atom is 0.174 e. The number of halogens is 1. The monoisotopic (exact) mass is 425 g/mol. The number of nitrogens with one attached hydrogen (secondary N) is 1. The molecule has 2 aromatic carbocycles. The molecule has 1 aliphatic carbocycles. The molecule has 1 aliphatic rings. The van der Waals surface area contributed by atoms with Crippen molar-refractivity contribution < 1.29 is 0 Å². The van der Waals surface area contributed by atoms with E-state index in [1.807, 2.05) is 19.1 Å². The van der Waals surface area contributed by atoms with Crippen LogP contribution in [0.3, 0.4) is 0 Å². The van der Waals surface area contributed by atoms with E-state index in [1.165, 1.54) is 48.6 Å². The average molecular weight is 426 g/mol. The molecule has 29 heavy (non-hydrogen) atoms. The van der Waals surface area contributed by atoms with Crippen molar-refractivity contribution in [1.29, 1.82) is 0 Å². The first-order valence-corrected chi connectivity index (χ1v) is 11.2. The normalized spacial score (nSPS) is 14.9. The van der Waals surface area contributed by atoms with Crippen molar-refractivity contribution >= 4 is 45.5 Å². The number of hydrogen-bond acceptors (Lipinski definition) is 1. The highest BCUT2D eigenvalue weighted by molar-refractivity contribution is 7.80. The number of aryl methyl sites for hydroxylation is 2. The summed E-state index contributed by atoms with van der Waals surface area (Å²) in [5, 5.41) is 6.20. The Kier molecular flexibility index (Phi) is 6.12. The first kappa shape index (κ1) is 20.2. The van der Waals surface area contributed by atoms with E-state index in [2.05, 4.69) is 58.4 Å². The number of rotatable bonds is 4. The molecule has 1 N–H and O–H groups in total. The van der Waals surface area contributed by atoms with E-state index in [-0.39, 0.29) is 0 Å². The summed E-state index contributed by atoms with van der Waals surface area (Å²) in [5.74, 6) is 0. The van der Waals surface area contributed by atoms with Gasteiger partial charge in [0.15, 0.2) is 5.11 Å². The fourth-order valence-corrected chi connectivity index (χ4v) is 5.01. The van der Waals surface area contributed by atoms with Crippen molar-refractivity contribution in [2.45, 2.75) is 51.6 Å². The minimum Gasteiger partial charge on any atom is -0.350 e. The zero-order valence-electron chi connectivity index (χ0n) is 17.1. The van der Waals surface area contributed by atoms with Crippen molar-refractivity contribution in [3.63, 3.8) is 0 Å². The number of aromatic nitrogens is 1. The summed E-state index contributed by atoms with van der Waals surface area (Å²) in [7, 11) is 2.11. The Morgan fingerprint density at radius 3 is 2.69 bits per heavy atom. The van der Waals surface area contributed by atoms with Crippen molar-refractivity contribution in [2.75, 3.05) is 5.32 Å². The van der Waals surface area contributed by atoms with Crippen LogP contribution >= 0.6 is 23.8 Å². The summed E-state index contributed by atoms with van der Waals surface area (Å²) in [6.07, 6.45) is 8.47. The van der Waals surface area contributed by atoms with Gasteiger partial charge in [0.05, 0.1) is 10.7 Å². The van der Waals surface area contributed by atoms with Gasteiger partial charge >= 0.3 is 0 Å². The Bertz CT molecular complexity index is 1020. The summed E-state index contributed by atoms with van der Waals surface area (Å²) in [5.41, 5.74) is 4.59. The van der Waals surface area contributed by atoms with Gasteiger partial charge < -0.3 is 14.8 Å². The van der Waals surface area contributed by atoms with Gasteiger partial charge in [-0.05, 0) is 61.3 Å². The molecular weight excluding hydrogens is 398 g/mol. The number of fused-ring (bicyclic) bond motifs is 1. The molecule has 1 saturated carbocycles. The minimum absolute atomic E-state index is 0.465. The Hall–Kier alpha value is -2.04. The number of nitrogens with zero attached hydrogens (tertiary/aromatic N) is 2. The van der Waals surface area contributed by atoms with Gasteiger partial charge in [-0.3, -0.25) is 0 Å². The predicted molar refractivity (Wildman–Crippen MR) is 128 cm³/mol. The standard InChI is InChI=1S/C24H28ClN3S/c1-17-12-13-22(21(25)14-17)26-24(29)28(19-8-4-3-5-9-19)16-18-15-27(2)23-11-7-6-10-20(18)23/h6-7,10-15,19H,3-5,8-9,16H2,1-2H3,(H,26,29). The van der Waals surface area contributed by atoms with Crippen molar-refractivity contribution in [1.82, 2.24) is 9.47 Å². The van der Waals surface area contributed by atoms with Crippen LogP contribution in [0.2, 0.25) is 5.02 Å². The first-order chi connectivity index (χ1) is 14.0. The summed E-state index contributed by atoms with van der Waals surface area (Å²) in [4.78, 5) is 2.38. The number of thiocarbonyl (C=S) groups is 1. The highest BCUT2D eigenvalue weighted by Crippen LogP contribution is 2.29. The lowest BCUT2D eigenvalue weighted by atomic mass is 9.94. The molecule has 1 heterocycles. The highest BCUT2D eigenvalue weighted by atomic mass is 35.5. The number of hydrogen-bond donors (Lipinski definition) is 1. The molecule has 3 aromatic rings. The molecule has 1 aromatic heterocycles. The van der Waals surface area contributed by atoms with Crippen molar-refractivity contribution in [3.05, 3.63) is 64.8 Å². The number of para-hydroxylation sites is 1. The molecule has 0 spiro atoms. The Morgan fingerprint density at radius 1 is 1.17 bits per heavy atom. The fraction of sp³-hybridized carbons (Fsp3) is 0.375. The van der Waals surface area contributed by atoms with Crippen LogP contribution in [0.25, 0.3) is 10.9 Å². The predicted octanol–water partition coefficient (Wildman–Crippen LogP) is 6.67. The minimum atomic E-state index is 0.465. The molecule has 0 aliphatic heterocycles. The summed E-state index contributed by atoms with van der Waals surface area (Å²) in [6, 6.07) is 15.1. The molecule has 0 amide bonds. The van der Waals surface area contributed by atoms with Gasteiger partial charge in [-0.1, -0.05) is 55.1 Å². The lowest BCUT2D eigenvalue weighted by Gasteiger charge is -2.36. The van der Waals surface area contributed by atoms with Crippen LogP contribution in [0.15, 0.2) is 48.7 Å². The van der Waals surface area contributed by atoms with Gasteiger partial charge in [-0.2, -0.15) is 0 Å². The molecule has 0 atom stereocenters. The SMILES string of the molecule is Cc1ccc(NC(=S)N(Cc2cn(C)c3ccccc23)C2CCCCC2)c(Cl)c1. The van der Waals surface area contributed by atoms with E-state index < -0.39 is 0 Å². The zero-order valence-corrected chi connectivity index (χ0v) is 18.7. The smallest absolute Gasteiger partial charge is 0.174 e. The van der Waals surface area contributed by atoms with Gasteiger partial charge in [0.2, 0.25) is 0 Å². The molecule has 0 saturated heterocycles. The van der Waals surface area contributed by atoms with Crippen LogP contribution in [0.1, 0.15) is 43.2 Å². The van der Waals surface area contributed by atoms with Crippen LogP contribution in [0.4, 0.5) is 5.69 Å². The van der Waals surface area contributed by atoms with Crippen LogP contribution in [0, 0.1) is 6.92 Å². The second-order valence-electron chi connectivity index (χ2n) is 8.12. The van der Waals surface area contributed by atoms with Crippen LogP contribution < -0.4 is 5.32 Å². The van der Waals surface area contributed by atoms with Gasteiger partial charge in [0, 0.05) is 36.7 Å². The van der Waals surface area contributed by atoms with Crippen LogP contribution in [-0.4, -0.2) is 20.6 Å². The van der Waals surface area contributed by atoms with E-state index in [1.54, 1.807) is 0 Å². The van der Waals surface area contributed by atoms with E-state index in [0.717, 1.165) is 22.9 Å². The van der Waals surface area contributed by atoms with Crippen LogP contribution in [-0.2, 0) is 13.6 Å². The third kappa shape index (κ3) is 4.44. The largest absolute Gasteiger partial charge is 0.350 e. The quantitative estimate of drug-likeness (QED) is 0.471. The molecular formula is C24H28ClN3S. The van der Waals surface area contributed by atoms with Gasteiger partial charge in [-0.25, -0.2) is 0 Å². The second-order valence-corrected chi connectivity index (χ2v) is 8.91. The average Bonchev–Trinajstić information content (AvgIpc) is 3.04. The van der Waals surface area contributed by atoms with E-state index >= 15 is 0 Å². The lowest BCUT2D eigenvalue weighted by molar-refractivity contribution is 0.241. The Labute approximate surface area is 183 Å². The molecule has 0 unspecified atom stereocenters. The second kappa shape index (κ2) is 8.76. The van der Waals surface area contributed by atoms with Gasteiger partial charge in [-0.15, -0.1) is 0 Å². The maximum atomic E-state index is 6.46. The summed E-state index contributed by atoms with van der Waals surface area (Å²) < 4.78 is 2.21. The molecule has 152 valence electrons. The molecule has 4 rings (SSSR count). The van der Waals surface area contributed by atoms with E-state index in [9.17, 15) is 0 Å². The third-order valence-corrected chi connectivity index (χ3v) is 6.61. The van der Waals surface area contributed by atoms with Crippen LogP contribution in [0.5, 0.6) is 0 Å². The molecule has 5 heteroatoms. The van der Waals surface area contributed by atoms with Gasteiger partial charge in [0.1, 0.15) is 0 Å². The Morgan fingerprint density at radius 2 is 1.93 bits per heavy atom. The lowest BCUT2D eigenvalue weighted by Crippen LogP contribution is -2.43. The molecule has 0 bridgehead atoms.